The van der Waals surface area contributed by atoms with E-state index in [0.717, 1.165) is 12.8 Å². The zero-order chi connectivity index (χ0) is 30.0. The minimum atomic E-state index is 0.0227. The van der Waals surface area contributed by atoms with Gasteiger partial charge in [-0.2, -0.15) is 15.0 Å². The maximum absolute atomic E-state index is 9.60. The lowest BCUT2D eigenvalue weighted by Gasteiger charge is -2.18. The second-order valence-corrected chi connectivity index (χ2v) is 9.67. The van der Waals surface area contributed by atoms with E-state index < -0.39 is 0 Å². The van der Waals surface area contributed by atoms with Crippen LogP contribution in [0.25, 0.3) is 0 Å². The molecule has 220 valence electrons. The third kappa shape index (κ3) is 12.7. The number of hydrogen-bond acceptors (Lipinski definition) is 8. The topological polar surface area (TPSA) is 110 Å². The number of halogens is 3. The SMILES string of the molecule is CCCCCC(CC)Oc1ccccc1O.COc1ccccc1O.Clc1nc(Cl)nc(Nc2ccccc2Cl)n1. The number of hydrogen-bond donors (Lipinski definition) is 3. The maximum atomic E-state index is 9.60. The maximum Gasteiger partial charge on any atom is 0.232 e. The molecule has 1 unspecified atom stereocenters. The van der Waals surface area contributed by atoms with Gasteiger partial charge in [-0.3, -0.25) is 0 Å². The fourth-order valence-corrected chi connectivity index (χ4v) is 3.95. The number of anilines is 2. The van der Waals surface area contributed by atoms with Gasteiger partial charge in [0.25, 0.3) is 0 Å². The number of phenols is 2. The highest BCUT2D eigenvalue weighted by Crippen LogP contribution is 2.27. The highest BCUT2D eigenvalue weighted by molar-refractivity contribution is 6.33. The van der Waals surface area contributed by atoms with Crippen LogP contribution >= 0.6 is 34.8 Å². The molecule has 0 saturated carbocycles. The number of methoxy groups -OCH3 is 1. The molecule has 3 aromatic carbocycles. The molecule has 11 heteroatoms. The van der Waals surface area contributed by atoms with Gasteiger partial charge in [0, 0.05) is 0 Å². The Balaban J connectivity index is 0.000000224. The van der Waals surface area contributed by atoms with Crippen LogP contribution < -0.4 is 14.8 Å². The van der Waals surface area contributed by atoms with Gasteiger partial charge in [0.15, 0.2) is 23.0 Å². The Bertz CT molecular complexity index is 1310. The average molecular weight is 622 g/mol. The molecule has 0 aliphatic rings. The lowest BCUT2D eigenvalue weighted by atomic mass is 10.1. The summed E-state index contributed by atoms with van der Waals surface area (Å²) in [6.07, 6.45) is 5.95. The summed E-state index contributed by atoms with van der Waals surface area (Å²) >= 11 is 17.2. The number of nitrogens with one attached hydrogen (secondary N) is 1. The molecule has 1 aromatic heterocycles. The first-order valence-electron chi connectivity index (χ1n) is 13.1. The van der Waals surface area contributed by atoms with Crippen molar-refractivity contribution in [3.63, 3.8) is 0 Å². The second-order valence-electron chi connectivity index (χ2n) is 8.59. The van der Waals surface area contributed by atoms with Crippen LogP contribution in [0.2, 0.25) is 15.6 Å². The lowest BCUT2D eigenvalue weighted by molar-refractivity contribution is 0.176. The number of rotatable bonds is 10. The van der Waals surface area contributed by atoms with Crippen molar-refractivity contribution in [2.24, 2.45) is 0 Å². The Hall–Kier alpha value is -3.46. The summed E-state index contributed by atoms with van der Waals surface area (Å²) in [6.45, 7) is 4.32. The Morgan fingerprint density at radius 3 is 1.83 bits per heavy atom. The smallest absolute Gasteiger partial charge is 0.232 e. The van der Waals surface area contributed by atoms with Gasteiger partial charge in [-0.1, -0.05) is 74.7 Å². The van der Waals surface area contributed by atoms with E-state index in [1.165, 1.54) is 26.4 Å². The zero-order valence-corrected chi connectivity index (χ0v) is 25.5. The van der Waals surface area contributed by atoms with E-state index in [1.807, 2.05) is 24.3 Å². The van der Waals surface area contributed by atoms with Gasteiger partial charge in [0.05, 0.1) is 23.9 Å². The van der Waals surface area contributed by atoms with Gasteiger partial charge in [0.1, 0.15) is 0 Å². The van der Waals surface area contributed by atoms with Crippen LogP contribution in [0.5, 0.6) is 23.0 Å². The summed E-state index contributed by atoms with van der Waals surface area (Å²) in [6, 6.07) is 21.2. The molecule has 1 atom stereocenters. The largest absolute Gasteiger partial charge is 0.504 e. The highest BCUT2D eigenvalue weighted by atomic mass is 35.5. The van der Waals surface area contributed by atoms with Crippen LogP contribution in [0.4, 0.5) is 11.6 Å². The number of ether oxygens (including phenoxy) is 2. The lowest BCUT2D eigenvalue weighted by Crippen LogP contribution is -2.15. The predicted octanol–water partition coefficient (Wildman–Crippen LogP) is 9.11. The van der Waals surface area contributed by atoms with E-state index in [9.17, 15) is 5.11 Å². The van der Waals surface area contributed by atoms with Crippen LogP contribution in [0.1, 0.15) is 46.0 Å². The summed E-state index contributed by atoms with van der Waals surface area (Å²) < 4.78 is 10.6. The Labute approximate surface area is 256 Å². The summed E-state index contributed by atoms with van der Waals surface area (Å²) in [5.74, 6) is 1.78. The van der Waals surface area contributed by atoms with Crippen molar-refractivity contribution < 1.29 is 19.7 Å². The third-order valence-corrected chi connectivity index (χ3v) is 6.20. The van der Waals surface area contributed by atoms with E-state index in [-0.39, 0.29) is 34.1 Å². The van der Waals surface area contributed by atoms with Gasteiger partial charge in [0.2, 0.25) is 16.5 Å². The fraction of sp³-hybridized carbons (Fsp3) is 0.300. The number of benzene rings is 3. The monoisotopic (exact) mass is 620 g/mol. The molecule has 4 rings (SSSR count). The van der Waals surface area contributed by atoms with Gasteiger partial charge in [-0.05, 0) is 78.9 Å². The van der Waals surface area contributed by atoms with Crippen LogP contribution in [0, 0.1) is 0 Å². The van der Waals surface area contributed by atoms with Gasteiger partial charge in [-0.25, -0.2) is 0 Å². The third-order valence-electron chi connectivity index (χ3n) is 5.53. The van der Waals surface area contributed by atoms with Crippen LogP contribution in [-0.4, -0.2) is 38.4 Å². The number of phenolic OH excluding ortho intramolecular Hbond substituents is 2. The molecule has 41 heavy (non-hydrogen) atoms. The number of aromatic nitrogens is 3. The van der Waals surface area contributed by atoms with E-state index in [4.69, 9.17) is 49.4 Å². The first kappa shape index (κ1) is 33.7. The molecule has 1 heterocycles. The van der Waals surface area contributed by atoms with Gasteiger partial charge >= 0.3 is 0 Å². The van der Waals surface area contributed by atoms with Crippen molar-refractivity contribution in [2.45, 2.75) is 52.1 Å². The van der Waals surface area contributed by atoms with E-state index in [2.05, 4.69) is 34.1 Å². The molecule has 0 fully saturated rings. The molecule has 0 bridgehead atoms. The first-order valence-corrected chi connectivity index (χ1v) is 14.3. The highest BCUT2D eigenvalue weighted by Gasteiger charge is 2.10. The van der Waals surface area contributed by atoms with Crippen LogP contribution in [-0.2, 0) is 0 Å². The van der Waals surface area contributed by atoms with Gasteiger partial charge in [-0.15, -0.1) is 0 Å². The summed E-state index contributed by atoms with van der Waals surface area (Å²) in [5, 5.41) is 22.1. The molecular formula is C30H35Cl3N4O4. The van der Waals surface area contributed by atoms with Crippen molar-refractivity contribution in [2.75, 3.05) is 12.4 Å². The number of unbranched alkanes of at least 4 members (excludes halogenated alkanes) is 2. The minimum Gasteiger partial charge on any atom is -0.504 e. The molecule has 3 N–H and O–H groups in total. The van der Waals surface area contributed by atoms with Crippen LogP contribution in [0.15, 0.2) is 72.8 Å². The standard InChI is InChI=1S/C14H22O2.C9H5Cl3N4.C7H8O2/c1-3-5-6-9-12(4-2)16-14-11-8-7-10-13(14)15;10-5-3-1-2-4-6(5)13-9-15-7(11)14-8(12)16-9;1-9-7-5-3-2-4-6(7)8/h7-8,10-12,15H,3-6,9H2,1-2H3;1-4H,(H,13,14,15,16);2-5,8H,1H3. The number of para-hydroxylation sites is 5. The van der Waals surface area contributed by atoms with E-state index in [0.29, 0.717) is 22.2 Å². The molecular weight excluding hydrogens is 587 g/mol. The van der Waals surface area contributed by atoms with Crippen molar-refractivity contribution in [3.8, 4) is 23.0 Å². The molecule has 0 radical (unpaired) electrons. The molecule has 0 amide bonds. The normalized spacial score (nSPS) is 10.8. The van der Waals surface area contributed by atoms with Crippen molar-refractivity contribution in [1.29, 1.82) is 0 Å². The van der Waals surface area contributed by atoms with Gasteiger partial charge < -0.3 is 25.0 Å². The number of aromatic hydroxyl groups is 2. The van der Waals surface area contributed by atoms with E-state index in [1.54, 1.807) is 48.5 Å². The quantitative estimate of drug-likeness (QED) is 0.150. The predicted molar refractivity (Wildman–Crippen MR) is 166 cm³/mol. The molecule has 0 spiro atoms. The first-order chi connectivity index (χ1) is 19.8. The van der Waals surface area contributed by atoms with Crippen molar-refractivity contribution in [3.05, 3.63) is 88.4 Å². The molecule has 0 saturated heterocycles. The molecule has 4 aromatic rings. The molecule has 0 aliphatic heterocycles. The average Bonchev–Trinajstić information content (AvgIpc) is 2.95. The van der Waals surface area contributed by atoms with Crippen molar-refractivity contribution >= 4 is 46.4 Å². The van der Waals surface area contributed by atoms with E-state index >= 15 is 0 Å². The van der Waals surface area contributed by atoms with Crippen LogP contribution in [0.3, 0.4) is 0 Å². The summed E-state index contributed by atoms with van der Waals surface area (Å²) in [4.78, 5) is 11.4. The summed E-state index contributed by atoms with van der Waals surface area (Å²) in [7, 11) is 1.52. The Morgan fingerprint density at radius 1 is 0.756 bits per heavy atom. The van der Waals surface area contributed by atoms with Crippen molar-refractivity contribution in [1.82, 2.24) is 15.0 Å². The fourth-order valence-electron chi connectivity index (χ4n) is 3.40. The second kappa shape index (κ2) is 18.8. The zero-order valence-electron chi connectivity index (χ0n) is 23.2. The summed E-state index contributed by atoms with van der Waals surface area (Å²) in [5.41, 5.74) is 0.669. The Kier molecular flexibility index (Phi) is 15.5. The minimum absolute atomic E-state index is 0.0227. The molecule has 0 aliphatic carbocycles. The Morgan fingerprint density at radius 2 is 1.32 bits per heavy atom. The molecule has 8 nitrogen and oxygen atoms in total. The number of nitrogens with zero attached hydrogens (tertiary/aromatic N) is 3.